The van der Waals surface area contributed by atoms with Crippen LogP contribution in [0.3, 0.4) is 0 Å². The number of hydrogen-bond acceptors (Lipinski definition) is 4. The van der Waals surface area contributed by atoms with E-state index in [4.69, 9.17) is 51.2 Å². The Morgan fingerprint density at radius 2 is 1.52 bits per heavy atom. The minimum atomic E-state index is -1.01. The van der Waals surface area contributed by atoms with Crippen molar-refractivity contribution in [2.45, 2.75) is 13.3 Å². The van der Waals surface area contributed by atoms with Gasteiger partial charge in [0.25, 0.3) is 0 Å². The number of rotatable bonds is 12. The van der Waals surface area contributed by atoms with Gasteiger partial charge in [0.1, 0.15) is 19.7 Å². The van der Waals surface area contributed by atoms with Crippen LogP contribution in [-0.2, 0) is 19.1 Å². The van der Waals surface area contributed by atoms with Gasteiger partial charge in [-0.1, -0.05) is 0 Å². The maximum atomic E-state index is 12.4. The van der Waals surface area contributed by atoms with Crippen LogP contribution in [0.15, 0.2) is 0 Å². The van der Waals surface area contributed by atoms with Crippen LogP contribution in [0.4, 0.5) is 0 Å². The lowest BCUT2D eigenvalue weighted by atomic mass is 8.54. The van der Waals surface area contributed by atoms with Crippen molar-refractivity contribution < 1.29 is 19.1 Å². The highest BCUT2D eigenvalue weighted by Gasteiger charge is 2.40. The van der Waals surface area contributed by atoms with Crippen LogP contribution >= 0.6 is 0 Å². The van der Waals surface area contributed by atoms with Gasteiger partial charge in [-0.25, -0.2) is 0 Å². The second kappa shape index (κ2) is 11.3. The summed E-state index contributed by atoms with van der Waals surface area (Å²) in [6.45, 7) is -0.258. The zero-order valence-corrected chi connectivity index (χ0v) is 13.2. The predicted molar refractivity (Wildman–Crippen MR) is 105 cm³/mol. The molecule has 0 aliphatic heterocycles. The summed E-state index contributed by atoms with van der Waals surface area (Å²) in [5.41, 5.74) is -0.539. The zero-order chi connectivity index (χ0) is 18.2. The summed E-state index contributed by atoms with van der Waals surface area (Å²) in [6.07, 6.45) is -4.27. The van der Waals surface area contributed by atoms with Crippen molar-refractivity contribution in [3.63, 3.8) is 0 Å². The number of hydrogen-bond donors (Lipinski definition) is 0. The number of carbonyl (C=O) groups is 3. The molecular weight excluding hydrogens is 278 g/mol. The molecule has 0 aliphatic rings. The van der Waals surface area contributed by atoms with Crippen LogP contribution in [0.2, 0.25) is 0 Å². The maximum Gasteiger partial charge on any atom is 0.164 e. The Kier molecular flexibility index (Phi) is 11.2. The second-order valence-electron chi connectivity index (χ2n) is 5.40. The highest BCUT2D eigenvalue weighted by molar-refractivity contribution is 8.05. The molecule has 0 aromatic rings. The molecule has 0 rings (SSSR count). The molecule has 0 aromatic heterocycles. The van der Waals surface area contributed by atoms with E-state index in [1.807, 2.05) is 0 Å². The van der Waals surface area contributed by atoms with E-state index in [9.17, 15) is 14.4 Å². The molecule has 0 saturated carbocycles. The Morgan fingerprint density at radius 1 is 1.00 bits per heavy atom. The van der Waals surface area contributed by atoms with Crippen molar-refractivity contribution in [3.8, 4) is 0 Å². The van der Waals surface area contributed by atoms with E-state index in [2.05, 4.69) is 0 Å². The third-order valence-corrected chi connectivity index (χ3v) is 3.25. The van der Waals surface area contributed by atoms with Crippen LogP contribution in [0.25, 0.3) is 0 Å². The first-order valence-corrected chi connectivity index (χ1v) is 7.06. The lowest BCUT2D eigenvalue weighted by molar-refractivity contribution is -0.129. The first-order valence-electron chi connectivity index (χ1n) is 7.06. The molecule has 0 aliphatic carbocycles. The Morgan fingerprint density at radius 3 is 1.91 bits per heavy atom. The van der Waals surface area contributed by atoms with Gasteiger partial charge in [-0.15, -0.1) is 0 Å². The fourth-order valence-corrected chi connectivity index (χ4v) is 2.21. The van der Waals surface area contributed by atoms with Crippen LogP contribution in [0.1, 0.15) is 13.3 Å². The highest BCUT2D eigenvalue weighted by Crippen LogP contribution is 2.03. The molecule has 0 unspecified atom stereocenters. The van der Waals surface area contributed by atoms with Crippen molar-refractivity contribution in [2.24, 2.45) is 0 Å². The molecule has 4 nitrogen and oxygen atoms in total. The van der Waals surface area contributed by atoms with Crippen molar-refractivity contribution in [1.82, 2.24) is 0 Å². The lowest BCUT2D eigenvalue weighted by Gasteiger charge is -2.31. The molecule has 0 bridgehead atoms. The molecule has 0 heterocycles. The smallest absolute Gasteiger partial charge is 0.164 e. The minimum absolute atomic E-state index is 0.205. The van der Waals surface area contributed by atoms with Crippen LogP contribution in [0.5, 0.6) is 0 Å². The average molecular weight is 287 g/mol. The molecule has 0 amide bonds. The Labute approximate surface area is 148 Å². The van der Waals surface area contributed by atoms with E-state index < -0.39 is 49.9 Å². The van der Waals surface area contributed by atoms with Gasteiger partial charge >= 0.3 is 0 Å². The van der Waals surface area contributed by atoms with Gasteiger partial charge in [-0.2, -0.15) is 0 Å². The van der Waals surface area contributed by atoms with Crippen molar-refractivity contribution in [1.29, 1.82) is 0 Å². The maximum absolute atomic E-state index is 12.4. The molecule has 0 atom stereocenters. The molecule has 13 radical (unpaired) electrons. The average Bonchev–Trinajstić information content (AvgIpc) is 2.42. The van der Waals surface area contributed by atoms with Gasteiger partial charge in [-0.3, -0.25) is 9.59 Å². The van der Waals surface area contributed by atoms with E-state index in [-0.39, 0.29) is 19.0 Å². The van der Waals surface area contributed by atoms with E-state index in [0.29, 0.717) is 0 Å². The minimum Gasteiger partial charge on any atom is -0.366 e. The standard InChI is InChI=1S/C7H9B12O4/c1-5(20)3-23-4-6(21)2-7(22)15(18(13)14-8)19(16(9)10)17(11)12/h2-4H2,1H3. The van der Waals surface area contributed by atoms with Crippen LogP contribution in [0, 0.1) is 0 Å². The van der Waals surface area contributed by atoms with Crippen molar-refractivity contribution >= 4 is 103 Å². The van der Waals surface area contributed by atoms with Gasteiger partial charge in [0.05, 0.1) is 12.1 Å². The SMILES string of the molecule is [B][B]B([B])B(B(B([B])[B])B([B])[B])C(=O)CC(=O)COCC(C)=O. The zero-order valence-electron chi connectivity index (χ0n) is 13.2. The molecule has 97 valence electrons. The topological polar surface area (TPSA) is 60.4 Å². The third kappa shape index (κ3) is 8.42. The molecule has 0 spiro atoms. The van der Waals surface area contributed by atoms with Gasteiger partial charge in [0.2, 0.25) is 0 Å². The Hall–Kier alpha value is -0.251. The summed E-state index contributed by atoms with van der Waals surface area (Å²) in [7, 11) is 34.8. The molecule has 23 heavy (non-hydrogen) atoms. The first-order chi connectivity index (χ1) is 10.6. The summed E-state index contributed by atoms with van der Waals surface area (Å²) in [5, 5.41) is 0. The summed E-state index contributed by atoms with van der Waals surface area (Å²) in [4.78, 5) is 34.9. The molecule has 0 fully saturated rings. The number of ether oxygens (including phenoxy) is 1. The summed E-state index contributed by atoms with van der Waals surface area (Å²) in [5.74, 6) is -0.745. The van der Waals surface area contributed by atoms with E-state index in [1.165, 1.54) is 6.92 Å². The van der Waals surface area contributed by atoms with E-state index in [1.54, 1.807) is 0 Å². The third-order valence-electron chi connectivity index (χ3n) is 3.25. The molecule has 0 aromatic carbocycles. The molecule has 0 N–H and O–H groups in total. The fraction of sp³-hybridized carbons (Fsp3) is 0.571. The Balaban J connectivity index is 4.94. The number of ketones is 2. The first kappa shape index (κ1) is 22.7. The van der Waals surface area contributed by atoms with Crippen LogP contribution < -0.4 is 0 Å². The monoisotopic (exact) mass is 289 g/mol. The van der Waals surface area contributed by atoms with E-state index in [0.717, 1.165) is 7.06 Å². The van der Waals surface area contributed by atoms with Crippen molar-refractivity contribution in [3.05, 3.63) is 0 Å². The molecular formula is C7H9B12O4. The number of carbonyl (C=O) groups excluding carboxylic acids is 3. The molecule has 16 heteroatoms. The second-order valence-corrected chi connectivity index (χ2v) is 5.40. The van der Waals surface area contributed by atoms with Gasteiger partial charge in [0.15, 0.2) is 11.6 Å². The van der Waals surface area contributed by atoms with E-state index >= 15 is 0 Å². The van der Waals surface area contributed by atoms with Gasteiger partial charge in [0, 0.05) is 79.0 Å². The summed E-state index contributed by atoms with van der Waals surface area (Å²) < 4.78 is 4.87. The lowest BCUT2D eigenvalue weighted by Crippen LogP contribution is -2.71. The van der Waals surface area contributed by atoms with Gasteiger partial charge < -0.3 is 9.53 Å². The molecule has 0 saturated heterocycles. The predicted octanol–water partition coefficient (Wildman–Crippen LogP) is -4.94. The largest absolute Gasteiger partial charge is 0.366 e. The number of Topliss-reactive ketones (excluding diaryl/α,β-unsaturated/α-hetero) is 2. The van der Waals surface area contributed by atoms with Crippen LogP contribution in [-0.4, -0.2) is 116 Å². The van der Waals surface area contributed by atoms with Gasteiger partial charge in [-0.05, 0) is 6.92 Å². The normalized spacial score (nSPS) is 9.61. The highest BCUT2D eigenvalue weighted by atomic mass is 16.5. The Bertz CT molecular complexity index is 408. The quantitative estimate of drug-likeness (QED) is 0.266. The van der Waals surface area contributed by atoms with Crippen molar-refractivity contribution in [2.75, 3.05) is 13.2 Å². The summed E-state index contributed by atoms with van der Waals surface area (Å²) >= 11 is 0. The summed E-state index contributed by atoms with van der Waals surface area (Å²) in [6, 6.07) is 0. The fourth-order valence-electron chi connectivity index (χ4n) is 2.21.